The molecule has 7 heteroatoms. The molecule has 0 unspecified atom stereocenters. The monoisotopic (exact) mass is 347 g/mol. The fourth-order valence-corrected chi connectivity index (χ4v) is 2.96. The minimum atomic E-state index is -3.50. The normalized spacial score (nSPS) is 11.5. The number of nitrogens with one attached hydrogen (secondary N) is 1. The number of pyridine rings is 1. The highest BCUT2D eigenvalue weighted by molar-refractivity contribution is 7.88. The van der Waals surface area contributed by atoms with Gasteiger partial charge >= 0.3 is 0 Å². The smallest absolute Gasteiger partial charge is 0.235 e. The number of aryl methyl sites for hydroxylation is 1. The molecule has 2 rings (SSSR count). The summed E-state index contributed by atoms with van der Waals surface area (Å²) in [6.07, 6.45) is 4.28. The number of benzene rings is 1. The first-order valence-electron chi connectivity index (χ1n) is 7.51. The molecule has 0 atom stereocenters. The van der Waals surface area contributed by atoms with Gasteiger partial charge in [-0.05, 0) is 30.2 Å². The Morgan fingerprint density at radius 1 is 1.17 bits per heavy atom. The van der Waals surface area contributed by atoms with E-state index >= 15 is 0 Å². The number of sulfonamides is 1. The van der Waals surface area contributed by atoms with Crippen molar-refractivity contribution in [1.29, 1.82) is 0 Å². The Balaban J connectivity index is 1.97. The Bertz CT molecular complexity index is 792. The fourth-order valence-electron chi connectivity index (χ4n) is 2.22. The van der Waals surface area contributed by atoms with E-state index in [2.05, 4.69) is 10.3 Å². The summed E-state index contributed by atoms with van der Waals surface area (Å²) in [6.45, 7) is 2.27. The Kier molecular flexibility index (Phi) is 6.05. The maximum atomic E-state index is 12.1. The van der Waals surface area contributed by atoms with E-state index in [0.717, 1.165) is 27.3 Å². The number of carbonyl (C=O) groups is 1. The highest BCUT2D eigenvalue weighted by Crippen LogP contribution is 2.08. The second-order valence-corrected chi connectivity index (χ2v) is 7.63. The standard InChI is InChI=1S/C17H21N3O3S/c1-14-4-3-5-16(10-14)11-19-17(21)13-20(24(2,22)23)12-15-6-8-18-9-7-15/h3-10H,11-13H2,1-2H3,(H,19,21). The molecule has 2 aromatic rings. The van der Waals surface area contributed by atoms with Crippen LogP contribution in [0.5, 0.6) is 0 Å². The van der Waals surface area contributed by atoms with Crippen molar-refractivity contribution in [3.8, 4) is 0 Å². The zero-order valence-electron chi connectivity index (χ0n) is 13.8. The van der Waals surface area contributed by atoms with E-state index in [0.29, 0.717) is 6.54 Å². The van der Waals surface area contributed by atoms with Crippen molar-refractivity contribution < 1.29 is 13.2 Å². The van der Waals surface area contributed by atoms with Crippen molar-refractivity contribution in [2.45, 2.75) is 20.0 Å². The molecule has 128 valence electrons. The van der Waals surface area contributed by atoms with Crippen molar-refractivity contribution >= 4 is 15.9 Å². The second kappa shape index (κ2) is 8.03. The Labute approximate surface area is 142 Å². The van der Waals surface area contributed by atoms with Crippen molar-refractivity contribution in [3.05, 3.63) is 65.5 Å². The highest BCUT2D eigenvalue weighted by Gasteiger charge is 2.20. The van der Waals surface area contributed by atoms with Crippen LogP contribution in [-0.4, -0.2) is 36.4 Å². The first-order valence-corrected chi connectivity index (χ1v) is 9.36. The molecule has 0 saturated carbocycles. The van der Waals surface area contributed by atoms with Gasteiger partial charge in [0.1, 0.15) is 0 Å². The molecule has 24 heavy (non-hydrogen) atoms. The molecule has 0 saturated heterocycles. The molecule has 0 aliphatic carbocycles. The SMILES string of the molecule is Cc1cccc(CNC(=O)CN(Cc2ccncc2)S(C)(=O)=O)c1. The van der Waals surface area contributed by atoms with Crippen molar-refractivity contribution in [2.75, 3.05) is 12.8 Å². The maximum Gasteiger partial charge on any atom is 0.235 e. The number of aromatic nitrogens is 1. The molecule has 0 aliphatic heterocycles. The highest BCUT2D eigenvalue weighted by atomic mass is 32.2. The van der Waals surface area contributed by atoms with Gasteiger partial charge in [-0.25, -0.2) is 8.42 Å². The van der Waals surface area contributed by atoms with Gasteiger partial charge in [-0.1, -0.05) is 29.8 Å². The number of carbonyl (C=O) groups excluding carboxylic acids is 1. The average molecular weight is 347 g/mol. The minimum absolute atomic E-state index is 0.138. The lowest BCUT2D eigenvalue weighted by Gasteiger charge is -2.19. The molecule has 1 N–H and O–H groups in total. The third-order valence-corrected chi connectivity index (χ3v) is 4.67. The van der Waals surface area contributed by atoms with Gasteiger partial charge in [0.05, 0.1) is 12.8 Å². The molecule has 1 aromatic heterocycles. The number of hydrogen-bond donors (Lipinski definition) is 1. The van der Waals surface area contributed by atoms with E-state index in [9.17, 15) is 13.2 Å². The number of rotatable bonds is 7. The predicted molar refractivity (Wildman–Crippen MR) is 92.5 cm³/mol. The lowest BCUT2D eigenvalue weighted by Crippen LogP contribution is -2.39. The second-order valence-electron chi connectivity index (χ2n) is 5.65. The molecule has 0 bridgehead atoms. The van der Waals surface area contributed by atoms with Crippen molar-refractivity contribution in [1.82, 2.24) is 14.6 Å². The van der Waals surface area contributed by atoms with E-state index in [1.807, 2.05) is 31.2 Å². The van der Waals surface area contributed by atoms with E-state index in [4.69, 9.17) is 0 Å². The minimum Gasteiger partial charge on any atom is -0.351 e. The fraction of sp³-hybridized carbons (Fsp3) is 0.294. The lowest BCUT2D eigenvalue weighted by molar-refractivity contribution is -0.121. The third kappa shape index (κ3) is 5.75. The molecule has 0 radical (unpaired) electrons. The summed E-state index contributed by atoms with van der Waals surface area (Å²) >= 11 is 0. The van der Waals surface area contributed by atoms with Gasteiger partial charge in [-0.3, -0.25) is 9.78 Å². The molecule has 0 spiro atoms. The van der Waals surface area contributed by atoms with Gasteiger partial charge in [0.25, 0.3) is 0 Å². The van der Waals surface area contributed by atoms with Crippen LogP contribution in [0.1, 0.15) is 16.7 Å². The number of hydrogen-bond acceptors (Lipinski definition) is 4. The van der Waals surface area contributed by atoms with Gasteiger partial charge in [0, 0.05) is 25.5 Å². The van der Waals surface area contributed by atoms with Gasteiger partial charge < -0.3 is 5.32 Å². The summed E-state index contributed by atoms with van der Waals surface area (Å²) in [5.74, 6) is -0.337. The van der Waals surface area contributed by atoms with Crippen LogP contribution in [0.15, 0.2) is 48.8 Å². The van der Waals surface area contributed by atoms with Crippen LogP contribution in [0, 0.1) is 6.92 Å². The molecule has 0 aliphatic rings. The van der Waals surface area contributed by atoms with Gasteiger partial charge in [0.15, 0.2) is 0 Å². The van der Waals surface area contributed by atoms with Crippen molar-refractivity contribution in [3.63, 3.8) is 0 Å². The Morgan fingerprint density at radius 3 is 2.50 bits per heavy atom. The number of amides is 1. The van der Waals surface area contributed by atoms with Crippen LogP contribution in [0.3, 0.4) is 0 Å². The summed E-state index contributed by atoms with van der Waals surface area (Å²) in [6, 6.07) is 11.2. The van der Waals surface area contributed by atoms with Crippen LogP contribution in [0.2, 0.25) is 0 Å². The first kappa shape index (κ1) is 18.1. The number of nitrogens with zero attached hydrogens (tertiary/aromatic N) is 2. The molecule has 1 heterocycles. The van der Waals surface area contributed by atoms with Gasteiger partial charge in [0.2, 0.25) is 15.9 Å². The molecular formula is C17H21N3O3S. The van der Waals surface area contributed by atoms with Crippen LogP contribution >= 0.6 is 0 Å². The summed E-state index contributed by atoms with van der Waals surface area (Å²) in [5, 5.41) is 2.76. The molecule has 1 aromatic carbocycles. The summed E-state index contributed by atoms with van der Waals surface area (Å²) in [4.78, 5) is 16.0. The zero-order chi connectivity index (χ0) is 17.6. The predicted octanol–water partition coefficient (Wildman–Crippen LogP) is 1.47. The summed E-state index contributed by atoms with van der Waals surface area (Å²) in [7, 11) is -3.50. The molecule has 6 nitrogen and oxygen atoms in total. The molecule has 1 amide bonds. The Hall–Kier alpha value is -2.25. The topological polar surface area (TPSA) is 79.4 Å². The average Bonchev–Trinajstić information content (AvgIpc) is 2.52. The van der Waals surface area contributed by atoms with E-state index in [1.165, 1.54) is 0 Å². The third-order valence-electron chi connectivity index (χ3n) is 3.47. The van der Waals surface area contributed by atoms with Crippen LogP contribution in [-0.2, 0) is 27.9 Å². The zero-order valence-corrected chi connectivity index (χ0v) is 14.6. The first-order chi connectivity index (χ1) is 11.3. The van der Waals surface area contributed by atoms with E-state index in [-0.39, 0.29) is 19.0 Å². The quantitative estimate of drug-likeness (QED) is 0.822. The van der Waals surface area contributed by atoms with Crippen LogP contribution in [0.25, 0.3) is 0 Å². The Morgan fingerprint density at radius 2 is 1.88 bits per heavy atom. The summed E-state index contributed by atoms with van der Waals surface area (Å²) < 4.78 is 25.0. The van der Waals surface area contributed by atoms with Gasteiger partial charge in [-0.2, -0.15) is 4.31 Å². The summed E-state index contributed by atoms with van der Waals surface area (Å²) in [5.41, 5.74) is 2.86. The molecular weight excluding hydrogens is 326 g/mol. The van der Waals surface area contributed by atoms with E-state index in [1.54, 1.807) is 24.5 Å². The van der Waals surface area contributed by atoms with Crippen LogP contribution in [0.4, 0.5) is 0 Å². The largest absolute Gasteiger partial charge is 0.351 e. The maximum absolute atomic E-state index is 12.1. The van der Waals surface area contributed by atoms with Gasteiger partial charge in [-0.15, -0.1) is 0 Å². The van der Waals surface area contributed by atoms with Crippen molar-refractivity contribution in [2.24, 2.45) is 0 Å². The van der Waals surface area contributed by atoms with Crippen LogP contribution < -0.4 is 5.32 Å². The van der Waals surface area contributed by atoms with E-state index < -0.39 is 10.0 Å². The molecule has 0 fully saturated rings. The lowest BCUT2D eigenvalue weighted by atomic mass is 10.1.